The highest BCUT2D eigenvalue weighted by Gasteiger charge is 2.19. The Bertz CT molecular complexity index is 714. The van der Waals surface area contributed by atoms with Crippen molar-refractivity contribution < 1.29 is 4.79 Å². The van der Waals surface area contributed by atoms with Crippen molar-refractivity contribution in [3.8, 4) is 0 Å². The maximum absolute atomic E-state index is 12.3. The van der Waals surface area contributed by atoms with Crippen molar-refractivity contribution in [3.63, 3.8) is 0 Å². The molecule has 3 N–H and O–H groups in total. The van der Waals surface area contributed by atoms with Gasteiger partial charge in [-0.1, -0.05) is 0 Å². The van der Waals surface area contributed by atoms with Crippen LogP contribution in [0.3, 0.4) is 0 Å². The van der Waals surface area contributed by atoms with E-state index in [4.69, 9.17) is 5.73 Å². The summed E-state index contributed by atoms with van der Waals surface area (Å²) in [5.41, 5.74) is 7.60. The van der Waals surface area contributed by atoms with Gasteiger partial charge < -0.3 is 15.6 Å². The highest BCUT2D eigenvalue weighted by Crippen LogP contribution is 2.18. The zero-order chi connectivity index (χ0) is 14.9. The average Bonchev–Trinajstić information content (AvgIpc) is 2.69. The van der Waals surface area contributed by atoms with Crippen molar-refractivity contribution in [1.82, 2.24) is 14.3 Å². The van der Waals surface area contributed by atoms with Gasteiger partial charge in [-0.3, -0.25) is 14.3 Å². The molecule has 2 aromatic rings. The van der Waals surface area contributed by atoms with Crippen molar-refractivity contribution in [1.29, 1.82) is 0 Å². The predicted molar refractivity (Wildman–Crippen MR) is 76.7 cm³/mol. The van der Waals surface area contributed by atoms with E-state index in [0.717, 1.165) is 0 Å². The van der Waals surface area contributed by atoms with Crippen LogP contribution in [-0.4, -0.2) is 20.3 Å². The Kier molecular flexibility index (Phi) is 3.60. The van der Waals surface area contributed by atoms with E-state index in [1.165, 1.54) is 10.6 Å². The minimum absolute atomic E-state index is 0.142. The summed E-state index contributed by atoms with van der Waals surface area (Å²) in [6, 6.07) is 2.94. The normalized spacial score (nSPS) is 10.6. The van der Waals surface area contributed by atoms with Crippen LogP contribution < -0.4 is 16.6 Å². The number of hydrogen-bond acceptors (Lipinski definition) is 4. The van der Waals surface area contributed by atoms with Gasteiger partial charge in [-0.05, 0) is 19.9 Å². The van der Waals surface area contributed by atoms with Gasteiger partial charge in [0.25, 0.3) is 5.91 Å². The first-order valence-corrected chi connectivity index (χ1v) is 6.25. The summed E-state index contributed by atoms with van der Waals surface area (Å²) >= 11 is 0. The maximum atomic E-state index is 12.3. The number of nitrogen functional groups attached to an aromatic ring is 1. The molecule has 2 aromatic heterocycles. The van der Waals surface area contributed by atoms with E-state index in [0.29, 0.717) is 29.3 Å². The van der Waals surface area contributed by atoms with Crippen molar-refractivity contribution in [2.24, 2.45) is 7.05 Å². The van der Waals surface area contributed by atoms with Gasteiger partial charge in [-0.25, -0.2) is 0 Å². The molecule has 0 aliphatic heterocycles. The molecule has 0 fully saturated rings. The molecule has 0 aliphatic carbocycles. The number of nitrogens with one attached hydrogen (secondary N) is 1. The minimum atomic E-state index is -0.344. The molecule has 2 rings (SSSR count). The maximum Gasteiger partial charge on any atom is 0.276 e. The topological polar surface area (TPSA) is 94.9 Å². The van der Waals surface area contributed by atoms with Crippen LogP contribution in [0, 0.1) is 6.92 Å². The summed E-state index contributed by atoms with van der Waals surface area (Å²) in [4.78, 5) is 23.6. The molecule has 0 bridgehead atoms. The molecule has 0 aliphatic rings. The van der Waals surface area contributed by atoms with Crippen LogP contribution in [-0.2, 0) is 13.6 Å². The minimum Gasteiger partial charge on any atom is -0.395 e. The Morgan fingerprint density at radius 2 is 2.15 bits per heavy atom. The summed E-state index contributed by atoms with van der Waals surface area (Å²) in [7, 11) is 1.62. The average molecular weight is 275 g/mol. The molecule has 7 heteroatoms. The number of nitrogens with zero attached hydrogens (tertiary/aromatic N) is 3. The number of aryl methyl sites for hydroxylation is 3. The van der Waals surface area contributed by atoms with E-state index in [1.807, 2.05) is 6.92 Å². The quantitative estimate of drug-likeness (QED) is 0.864. The lowest BCUT2D eigenvalue weighted by atomic mass is 10.3. The van der Waals surface area contributed by atoms with Gasteiger partial charge in [0.15, 0.2) is 0 Å². The van der Waals surface area contributed by atoms with Crippen LogP contribution in [0.1, 0.15) is 23.1 Å². The number of carbonyl (C=O) groups excluding carboxylic acids is 1. The van der Waals surface area contributed by atoms with Crippen LogP contribution in [0.15, 0.2) is 23.1 Å². The molecule has 0 spiro atoms. The number of aromatic nitrogens is 3. The third kappa shape index (κ3) is 2.42. The highest BCUT2D eigenvalue weighted by atomic mass is 16.2. The fourth-order valence-corrected chi connectivity index (χ4v) is 1.92. The van der Waals surface area contributed by atoms with Gasteiger partial charge in [0.05, 0.1) is 17.1 Å². The van der Waals surface area contributed by atoms with Crippen LogP contribution in [0.5, 0.6) is 0 Å². The number of hydrogen-bond donors (Lipinski definition) is 2. The summed E-state index contributed by atoms with van der Waals surface area (Å²) in [6.07, 6.45) is 1.55. The molecule has 0 unspecified atom stereocenters. The SMILES string of the molecule is CCn1nc(C)c(N)c1C(=O)Nc1ccc(=O)n(C)c1. The fourth-order valence-electron chi connectivity index (χ4n) is 1.92. The van der Waals surface area contributed by atoms with Crippen molar-refractivity contribution in [2.75, 3.05) is 11.1 Å². The third-order valence-corrected chi connectivity index (χ3v) is 3.03. The Morgan fingerprint density at radius 3 is 2.75 bits per heavy atom. The first-order valence-electron chi connectivity index (χ1n) is 6.25. The van der Waals surface area contributed by atoms with Crippen LogP contribution >= 0.6 is 0 Å². The molecule has 2 heterocycles. The Hall–Kier alpha value is -2.57. The molecule has 106 valence electrons. The van der Waals surface area contributed by atoms with Crippen molar-refractivity contribution in [2.45, 2.75) is 20.4 Å². The van der Waals surface area contributed by atoms with Crippen LogP contribution in [0.25, 0.3) is 0 Å². The van der Waals surface area contributed by atoms with Crippen LogP contribution in [0.2, 0.25) is 0 Å². The van der Waals surface area contributed by atoms with E-state index in [9.17, 15) is 9.59 Å². The largest absolute Gasteiger partial charge is 0.395 e. The monoisotopic (exact) mass is 275 g/mol. The second-order valence-corrected chi connectivity index (χ2v) is 4.48. The first-order chi connectivity index (χ1) is 9.43. The molecule has 7 nitrogen and oxygen atoms in total. The Balaban J connectivity index is 2.32. The smallest absolute Gasteiger partial charge is 0.276 e. The fraction of sp³-hybridized carbons (Fsp3) is 0.308. The molecule has 0 aromatic carbocycles. The first kappa shape index (κ1) is 13.9. The van der Waals surface area contributed by atoms with Gasteiger partial charge >= 0.3 is 0 Å². The molecule has 20 heavy (non-hydrogen) atoms. The number of nitrogens with two attached hydrogens (primary N) is 1. The highest BCUT2D eigenvalue weighted by molar-refractivity contribution is 6.06. The van der Waals surface area contributed by atoms with Gasteiger partial charge in [0, 0.05) is 25.9 Å². The van der Waals surface area contributed by atoms with E-state index >= 15 is 0 Å². The van der Waals surface area contributed by atoms with E-state index in [-0.39, 0.29) is 11.5 Å². The molecule has 1 amide bonds. The second kappa shape index (κ2) is 5.20. The molecular formula is C13H17N5O2. The molecule has 0 radical (unpaired) electrons. The number of pyridine rings is 1. The summed E-state index contributed by atoms with van der Waals surface area (Å²) in [5.74, 6) is -0.344. The van der Waals surface area contributed by atoms with Crippen molar-refractivity contribution in [3.05, 3.63) is 40.1 Å². The van der Waals surface area contributed by atoms with Gasteiger partial charge in [0.1, 0.15) is 5.69 Å². The number of anilines is 2. The van der Waals surface area contributed by atoms with Gasteiger partial charge in [-0.2, -0.15) is 5.10 Å². The molecular weight excluding hydrogens is 258 g/mol. The number of rotatable bonds is 3. The number of carbonyl (C=O) groups is 1. The lowest BCUT2D eigenvalue weighted by Crippen LogP contribution is -2.21. The van der Waals surface area contributed by atoms with E-state index in [2.05, 4.69) is 10.4 Å². The van der Waals surface area contributed by atoms with Crippen LogP contribution in [0.4, 0.5) is 11.4 Å². The van der Waals surface area contributed by atoms with Crippen molar-refractivity contribution >= 4 is 17.3 Å². The number of amides is 1. The van der Waals surface area contributed by atoms with Gasteiger partial charge in [-0.15, -0.1) is 0 Å². The summed E-state index contributed by atoms with van der Waals surface area (Å²) in [6.45, 7) is 4.19. The van der Waals surface area contributed by atoms with Gasteiger partial charge in [0.2, 0.25) is 5.56 Å². The zero-order valence-electron chi connectivity index (χ0n) is 11.7. The molecule has 0 saturated heterocycles. The lowest BCUT2D eigenvalue weighted by Gasteiger charge is -2.08. The van der Waals surface area contributed by atoms with E-state index in [1.54, 1.807) is 30.9 Å². The zero-order valence-corrected chi connectivity index (χ0v) is 11.7. The third-order valence-electron chi connectivity index (χ3n) is 3.03. The lowest BCUT2D eigenvalue weighted by molar-refractivity contribution is 0.101. The molecule has 0 atom stereocenters. The predicted octanol–water partition coefficient (Wildman–Crippen LogP) is 0.745. The van der Waals surface area contributed by atoms with E-state index < -0.39 is 0 Å². The Morgan fingerprint density at radius 1 is 1.45 bits per heavy atom. The Labute approximate surface area is 116 Å². The standard InChI is InChI=1S/C13H17N5O2/c1-4-18-12(11(14)8(2)16-18)13(20)15-9-5-6-10(19)17(3)7-9/h5-7H,4,14H2,1-3H3,(H,15,20). The second-order valence-electron chi connectivity index (χ2n) is 4.48. The molecule has 0 saturated carbocycles. The summed E-state index contributed by atoms with van der Waals surface area (Å²) < 4.78 is 2.95. The summed E-state index contributed by atoms with van der Waals surface area (Å²) in [5, 5.41) is 6.91.